The molecule has 1 atom stereocenters. The van der Waals surface area contributed by atoms with Gasteiger partial charge in [-0.05, 0) is 5.41 Å². The van der Waals surface area contributed by atoms with Crippen molar-refractivity contribution >= 4 is 5.97 Å². The van der Waals surface area contributed by atoms with Crippen LogP contribution in [0.15, 0.2) is 0 Å². The molecule has 1 N–H and O–H groups in total. The number of aliphatic hydroxyl groups excluding tert-OH is 1. The van der Waals surface area contributed by atoms with Gasteiger partial charge in [-0.2, -0.15) is 0 Å². The van der Waals surface area contributed by atoms with E-state index >= 15 is 0 Å². The maximum absolute atomic E-state index is 11.4. The fourth-order valence-corrected chi connectivity index (χ4v) is 0.756. The second-order valence-electron chi connectivity index (χ2n) is 3.50. The molecule has 66 valence electrons. The first-order valence-corrected chi connectivity index (χ1v) is 3.36. The molecule has 0 bridgehead atoms. The second kappa shape index (κ2) is 3.67. The van der Waals surface area contributed by atoms with E-state index in [1.165, 1.54) is 0 Å². The van der Waals surface area contributed by atoms with Gasteiger partial charge >= 0.3 is 5.97 Å². The molecule has 0 saturated heterocycles. The van der Waals surface area contributed by atoms with Gasteiger partial charge in [0.2, 0.25) is 0 Å². The van der Waals surface area contributed by atoms with E-state index in [0.29, 0.717) is 0 Å². The average molecular weight is 164 g/mol. The monoisotopic (exact) mass is 164 g/mol. The lowest BCUT2D eigenvalue weighted by Crippen LogP contribution is -2.31. The third-order valence-corrected chi connectivity index (χ3v) is 1.59. The third kappa shape index (κ3) is 2.84. The molecular weight excluding hydrogens is 151 g/mol. The Labute approximate surface area is 65.1 Å². The minimum Gasteiger partial charge on any atom is -0.395 e. The quantitative estimate of drug-likeness (QED) is 0.664. The second-order valence-corrected chi connectivity index (χ2v) is 3.50. The van der Waals surface area contributed by atoms with Crippen molar-refractivity contribution in [1.29, 1.82) is 0 Å². The van der Waals surface area contributed by atoms with Gasteiger partial charge in [-0.15, -0.1) is 0 Å². The molecule has 0 radical (unpaired) electrons. The molecule has 0 aromatic rings. The Balaban J connectivity index is 4.29. The van der Waals surface area contributed by atoms with Crippen LogP contribution in [0.4, 0.5) is 4.53 Å². The molecule has 0 heterocycles. The van der Waals surface area contributed by atoms with Gasteiger partial charge in [0.25, 0.3) is 0 Å². The standard InChI is InChI=1S/C7H13FO3/c1-7(2,3)5(4-9)6(10)11-8/h5,9H,4H2,1-3H3. The third-order valence-electron chi connectivity index (χ3n) is 1.59. The Bertz CT molecular complexity index is 139. The van der Waals surface area contributed by atoms with E-state index in [4.69, 9.17) is 5.11 Å². The predicted octanol–water partition coefficient (Wildman–Crippen LogP) is 1.07. The molecule has 4 heteroatoms. The van der Waals surface area contributed by atoms with E-state index < -0.39 is 23.9 Å². The summed E-state index contributed by atoms with van der Waals surface area (Å²) in [6, 6.07) is 0. The van der Waals surface area contributed by atoms with Crippen LogP contribution in [0.2, 0.25) is 0 Å². The van der Waals surface area contributed by atoms with Crippen LogP contribution in [0, 0.1) is 11.3 Å². The van der Waals surface area contributed by atoms with Crippen molar-refractivity contribution in [2.24, 2.45) is 11.3 Å². The summed E-state index contributed by atoms with van der Waals surface area (Å²) in [7, 11) is 0. The first kappa shape index (κ1) is 10.4. The Morgan fingerprint density at radius 2 is 2.09 bits per heavy atom. The van der Waals surface area contributed by atoms with E-state index in [1.807, 2.05) is 0 Å². The van der Waals surface area contributed by atoms with Gasteiger partial charge in [-0.3, -0.25) is 4.94 Å². The molecular formula is C7H13FO3. The molecule has 11 heavy (non-hydrogen) atoms. The van der Waals surface area contributed by atoms with Gasteiger partial charge in [-0.25, -0.2) is 4.79 Å². The fraction of sp³-hybridized carbons (Fsp3) is 0.857. The lowest BCUT2D eigenvalue weighted by molar-refractivity contribution is -0.194. The van der Waals surface area contributed by atoms with E-state index in [1.54, 1.807) is 20.8 Å². The van der Waals surface area contributed by atoms with Crippen molar-refractivity contribution in [3.8, 4) is 0 Å². The summed E-state index contributed by atoms with van der Waals surface area (Å²) in [4.78, 5) is 13.7. The van der Waals surface area contributed by atoms with Crippen molar-refractivity contribution in [2.45, 2.75) is 20.8 Å². The molecule has 1 unspecified atom stereocenters. The summed E-state index contributed by atoms with van der Waals surface area (Å²) in [5.41, 5.74) is -0.474. The zero-order chi connectivity index (χ0) is 9.07. The summed E-state index contributed by atoms with van der Waals surface area (Å²) in [6.45, 7) is 4.78. The van der Waals surface area contributed by atoms with Gasteiger partial charge in [0.05, 0.1) is 12.5 Å². The summed E-state index contributed by atoms with van der Waals surface area (Å²) in [5, 5.41) is 8.70. The highest BCUT2D eigenvalue weighted by Crippen LogP contribution is 2.26. The number of carbonyl (C=O) groups excluding carboxylic acids is 1. The number of aliphatic hydroxyl groups is 1. The topological polar surface area (TPSA) is 46.5 Å². The van der Waals surface area contributed by atoms with E-state index in [-0.39, 0.29) is 0 Å². The molecule has 0 fully saturated rings. The number of carbonyl (C=O) groups is 1. The molecule has 0 aliphatic heterocycles. The molecule has 0 spiro atoms. The smallest absolute Gasteiger partial charge is 0.354 e. The molecule has 0 saturated carbocycles. The van der Waals surface area contributed by atoms with Crippen molar-refractivity contribution in [1.82, 2.24) is 0 Å². The lowest BCUT2D eigenvalue weighted by atomic mass is 9.81. The largest absolute Gasteiger partial charge is 0.395 e. The highest BCUT2D eigenvalue weighted by Gasteiger charge is 2.32. The summed E-state index contributed by atoms with van der Waals surface area (Å²) in [5.74, 6) is -1.81. The minimum atomic E-state index is -1.01. The molecule has 0 aromatic carbocycles. The molecule has 0 aliphatic carbocycles. The van der Waals surface area contributed by atoms with Crippen LogP contribution in [0.5, 0.6) is 0 Å². The molecule has 0 aliphatic rings. The van der Waals surface area contributed by atoms with Crippen LogP contribution >= 0.6 is 0 Å². The predicted molar refractivity (Wildman–Crippen MR) is 37.2 cm³/mol. The number of hydrogen-bond acceptors (Lipinski definition) is 3. The van der Waals surface area contributed by atoms with Crippen molar-refractivity contribution in [3.05, 3.63) is 0 Å². The van der Waals surface area contributed by atoms with Gasteiger partial charge in [0.15, 0.2) is 0 Å². The van der Waals surface area contributed by atoms with Crippen LogP contribution in [0.1, 0.15) is 20.8 Å². The maximum Gasteiger partial charge on any atom is 0.354 e. The molecule has 3 nitrogen and oxygen atoms in total. The van der Waals surface area contributed by atoms with Crippen LogP contribution in [-0.4, -0.2) is 17.7 Å². The highest BCUT2D eigenvalue weighted by molar-refractivity contribution is 5.72. The number of halogens is 1. The Morgan fingerprint density at radius 3 is 2.18 bits per heavy atom. The Kier molecular flexibility index (Phi) is 3.45. The van der Waals surface area contributed by atoms with Gasteiger partial charge in [0.1, 0.15) is 0 Å². The molecule has 0 aromatic heterocycles. The van der Waals surface area contributed by atoms with Gasteiger partial charge < -0.3 is 5.11 Å². The molecule has 0 amide bonds. The van der Waals surface area contributed by atoms with Crippen LogP contribution < -0.4 is 0 Å². The average Bonchev–Trinajstić information content (AvgIpc) is 1.86. The maximum atomic E-state index is 11.4. The SMILES string of the molecule is CC(C)(C)C(CO)C(=O)OF. The highest BCUT2D eigenvalue weighted by atomic mass is 19.3. The summed E-state index contributed by atoms with van der Waals surface area (Å²) < 4.78 is 11.4. The van der Waals surface area contributed by atoms with Gasteiger partial charge in [-0.1, -0.05) is 20.8 Å². The Hall–Kier alpha value is -0.640. The van der Waals surface area contributed by atoms with Crippen LogP contribution in [-0.2, 0) is 9.74 Å². The first-order chi connectivity index (χ1) is 4.93. The Morgan fingerprint density at radius 1 is 1.64 bits per heavy atom. The first-order valence-electron chi connectivity index (χ1n) is 3.36. The summed E-state index contributed by atoms with van der Waals surface area (Å²) >= 11 is 0. The van der Waals surface area contributed by atoms with E-state index in [0.717, 1.165) is 0 Å². The zero-order valence-corrected chi connectivity index (χ0v) is 6.93. The van der Waals surface area contributed by atoms with Crippen molar-refractivity contribution in [2.75, 3.05) is 6.61 Å². The minimum absolute atomic E-state index is 0.397. The van der Waals surface area contributed by atoms with Crippen molar-refractivity contribution < 1.29 is 19.4 Å². The number of hydrogen-bond donors (Lipinski definition) is 1. The summed E-state index contributed by atoms with van der Waals surface area (Å²) in [6.07, 6.45) is 0. The van der Waals surface area contributed by atoms with Crippen LogP contribution in [0.3, 0.4) is 0 Å². The zero-order valence-electron chi connectivity index (χ0n) is 6.93. The van der Waals surface area contributed by atoms with Crippen molar-refractivity contribution in [3.63, 3.8) is 0 Å². The van der Waals surface area contributed by atoms with E-state index in [9.17, 15) is 9.32 Å². The number of rotatable bonds is 2. The fourth-order valence-electron chi connectivity index (χ4n) is 0.756. The van der Waals surface area contributed by atoms with Crippen LogP contribution in [0.25, 0.3) is 0 Å². The molecule has 0 rings (SSSR count). The lowest BCUT2D eigenvalue weighted by Gasteiger charge is -2.24. The van der Waals surface area contributed by atoms with Gasteiger partial charge in [0, 0.05) is 4.53 Å². The normalized spacial score (nSPS) is 14.3. The van der Waals surface area contributed by atoms with E-state index in [2.05, 4.69) is 4.94 Å².